The van der Waals surface area contributed by atoms with Gasteiger partial charge in [-0.15, -0.1) is 0 Å². The van der Waals surface area contributed by atoms with Crippen LogP contribution in [0.25, 0.3) is 0 Å². The molecule has 1 saturated heterocycles. The van der Waals surface area contributed by atoms with E-state index in [9.17, 15) is 14.9 Å². The Morgan fingerprint density at radius 3 is 2.54 bits per heavy atom. The number of aryl methyl sites for hydroxylation is 1. The van der Waals surface area contributed by atoms with Crippen LogP contribution in [0.15, 0.2) is 48.5 Å². The molecule has 0 unspecified atom stereocenters. The molecule has 1 atom stereocenters. The van der Waals surface area contributed by atoms with Gasteiger partial charge in [-0.3, -0.25) is 14.9 Å². The molecular weight excluding hydrogens is 356 g/mol. The van der Waals surface area contributed by atoms with Gasteiger partial charge in [0.25, 0.3) is 5.91 Å². The maximum absolute atomic E-state index is 12.7. The van der Waals surface area contributed by atoms with Crippen LogP contribution in [0, 0.1) is 23.0 Å². The summed E-state index contributed by atoms with van der Waals surface area (Å²) in [5, 5.41) is 11.2. The highest BCUT2D eigenvalue weighted by atomic mass is 16.6. The van der Waals surface area contributed by atoms with Crippen molar-refractivity contribution in [2.24, 2.45) is 5.92 Å². The van der Waals surface area contributed by atoms with Crippen molar-refractivity contribution in [1.82, 2.24) is 4.90 Å². The smallest absolute Gasteiger partial charge is 0.311 e. The lowest BCUT2D eigenvalue weighted by atomic mass is 9.90. The molecule has 0 aliphatic carbocycles. The highest BCUT2D eigenvalue weighted by Gasteiger charge is 2.28. The van der Waals surface area contributed by atoms with Crippen LogP contribution in [-0.2, 0) is 11.2 Å². The number of carbonyl (C=O) groups excluding carboxylic acids is 1. The lowest BCUT2D eigenvalue weighted by Crippen LogP contribution is -2.45. The number of carbonyl (C=O) groups is 1. The minimum absolute atomic E-state index is 0.110. The fraction of sp³-hybridized carbons (Fsp3) is 0.409. The number of nitro benzene ring substituents is 1. The summed E-state index contributed by atoms with van der Waals surface area (Å²) in [6.07, 6.45) is 2.19. The molecule has 6 heteroatoms. The third-order valence-corrected chi connectivity index (χ3v) is 5.26. The lowest BCUT2D eigenvalue weighted by Gasteiger charge is -2.33. The Labute approximate surface area is 165 Å². The molecule has 3 rings (SSSR count). The van der Waals surface area contributed by atoms with E-state index >= 15 is 0 Å². The van der Waals surface area contributed by atoms with E-state index in [0.717, 1.165) is 24.8 Å². The molecule has 1 aliphatic rings. The zero-order valence-electron chi connectivity index (χ0n) is 16.3. The van der Waals surface area contributed by atoms with Gasteiger partial charge in [-0.25, -0.2) is 0 Å². The van der Waals surface area contributed by atoms with Gasteiger partial charge in [-0.05, 0) is 56.2 Å². The Bertz CT molecular complexity index is 830. The van der Waals surface area contributed by atoms with E-state index in [2.05, 4.69) is 24.3 Å². The van der Waals surface area contributed by atoms with Crippen molar-refractivity contribution in [1.29, 1.82) is 0 Å². The van der Waals surface area contributed by atoms with Crippen molar-refractivity contribution < 1.29 is 14.5 Å². The molecule has 2 aromatic carbocycles. The molecule has 1 fully saturated rings. The first kappa shape index (κ1) is 19.9. The zero-order chi connectivity index (χ0) is 20.1. The summed E-state index contributed by atoms with van der Waals surface area (Å²) in [5.74, 6) is 0.587. The van der Waals surface area contributed by atoms with E-state index in [4.69, 9.17) is 4.74 Å². The van der Waals surface area contributed by atoms with Crippen LogP contribution >= 0.6 is 0 Å². The third-order valence-electron chi connectivity index (χ3n) is 5.26. The fourth-order valence-electron chi connectivity index (χ4n) is 3.67. The number of piperidine rings is 1. The normalized spacial score (nSPS) is 15.9. The first-order valence-corrected chi connectivity index (χ1v) is 9.68. The van der Waals surface area contributed by atoms with E-state index in [1.54, 1.807) is 26.0 Å². The molecule has 1 aliphatic heterocycles. The summed E-state index contributed by atoms with van der Waals surface area (Å²) in [5.41, 5.74) is 2.00. The third kappa shape index (κ3) is 4.88. The van der Waals surface area contributed by atoms with E-state index in [-0.39, 0.29) is 17.3 Å². The highest BCUT2D eigenvalue weighted by molar-refractivity contribution is 5.81. The Kier molecular flexibility index (Phi) is 6.29. The number of nitrogens with zero attached hydrogens (tertiary/aromatic N) is 2. The molecule has 6 nitrogen and oxygen atoms in total. The van der Waals surface area contributed by atoms with Crippen LogP contribution in [0.3, 0.4) is 0 Å². The van der Waals surface area contributed by atoms with Gasteiger partial charge in [0.1, 0.15) is 0 Å². The van der Waals surface area contributed by atoms with Gasteiger partial charge >= 0.3 is 5.69 Å². The van der Waals surface area contributed by atoms with Crippen LogP contribution in [0.5, 0.6) is 5.75 Å². The molecule has 1 amide bonds. The number of hydrogen-bond acceptors (Lipinski definition) is 4. The number of nitro groups is 1. The largest absolute Gasteiger partial charge is 0.474 e. The number of ether oxygens (including phenoxy) is 1. The second kappa shape index (κ2) is 8.87. The van der Waals surface area contributed by atoms with Crippen molar-refractivity contribution in [3.05, 3.63) is 69.8 Å². The monoisotopic (exact) mass is 382 g/mol. The lowest BCUT2D eigenvalue weighted by molar-refractivity contribution is -0.386. The summed E-state index contributed by atoms with van der Waals surface area (Å²) >= 11 is 0. The molecule has 1 heterocycles. The van der Waals surface area contributed by atoms with Crippen LogP contribution in [0.4, 0.5) is 5.69 Å². The number of rotatable bonds is 6. The summed E-state index contributed by atoms with van der Waals surface area (Å²) in [4.78, 5) is 25.3. The van der Waals surface area contributed by atoms with Crippen molar-refractivity contribution >= 4 is 11.6 Å². The molecule has 0 N–H and O–H groups in total. The fourth-order valence-corrected chi connectivity index (χ4v) is 3.67. The number of benzene rings is 2. The molecule has 0 bridgehead atoms. The Balaban J connectivity index is 1.56. The number of amides is 1. The van der Waals surface area contributed by atoms with Crippen LogP contribution in [0.1, 0.15) is 30.9 Å². The zero-order valence-corrected chi connectivity index (χ0v) is 16.3. The molecule has 0 aromatic heterocycles. The van der Waals surface area contributed by atoms with Crippen LogP contribution in [0.2, 0.25) is 0 Å². The summed E-state index contributed by atoms with van der Waals surface area (Å²) in [6.45, 7) is 4.83. The van der Waals surface area contributed by atoms with E-state index < -0.39 is 11.0 Å². The van der Waals surface area contributed by atoms with Gasteiger partial charge in [-0.1, -0.05) is 36.4 Å². The Hall–Kier alpha value is -2.89. The highest BCUT2D eigenvalue weighted by Crippen LogP contribution is 2.29. The predicted molar refractivity (Wildman–Crippen MR) is 107 cm³/mol. The van der Waals surface area contributed by atoms with E-state index in [1.165, 1.54) is 11.6 Å². The average Bonchev–Trinajstić information content (AvgIpc) is 2.70. The number of hydrogen-bond donors (Lipinski definition) is 0. The maximum atomic E-state index is 12.7. The van der Waals surface area contributed by atoms with E-state index in [1.807, 2.05) is 11.0 Å². The molecular formula is C22H26N2O4. The van der Waals surface area contributed by atoms with Crippen molar-refractivity contribution in [3.8, 4) is 5.75 Å². The molecule has 0 saturated carbocycles. The molecule has 0 spiro atoms. The second-order valence-corrected chi connectivity index (χ2v) is 7.45. The first-order chi connectivity index (χ1) is 13.4. The van der Waals surface area contributed by atoms with Crippen LogP contribution < -0.4 is 4.74 Å². The van der Waals surface area contributed by atoms with Crippen LogP contribution in [-0.4, -0.2) is 34.9 Å². The quantitative estimate of drug-likeness (QED) is 0.556. The Morgan fingerprint density at radius 1 is 1.21 bits per heavy atom. The minimum atomic E-state index is -0.757. The summed E-state index contributed by atoms with van der Waals surface area (Å²) in [6, 6.07) is 15.2. The minimum Gasteiger partial charge on any atom is -0.474 e. The van der Waals surface area contributed by atoms with Gasteiger partial charge in [0.15, 0.2) is 11.9 Å². The van der Waals surface area contributed by atoms with Gasteiger partial charge in [0.2, 0.25) is 0 Å². The van der Waals surface area contributed by atoms with Crippen molar-refractivity contribution in [2.45, 2.75) is 39.2 Å². The van der Waals surface area contributed by atoms with E-state index in [0.29, 0.717) is 19.0 Å². The first-order valence-electron chi connectivity index (χ1n) is 9.68. The average molecular weight is 382 g/mol. The van der Waals surface area contributed by atoms with Gasteiger partial charge < -0.3 is 9.64 Å². The SMILES string of the molecule is Cc1ccc(O[C@@H](C)C(=O)N2CCC(Cc3ccccc3)CC2)c([N+](=O)[O-])c1. The van der Waals surface area contributed by atoms with Crippen molar-refractivity contribution in [3.63, 3.8) is 0 Å². The number of likely N-dealkylation sites (tertiary alicyclic amines) is 1. The molecule has 2 aromatic rings. The second-order valence-electron chi connectivity index (χ2n) is 7.45. The molecule has 148 valence electrons. The molecule has 28 heavy (non-hydrogen) atoms. The maximum Gasteiger partial charge on any atom is 0.311 e. The molecule has 0 radical (unpaired) electrons. The summed E-state index contributed by atoms with van der Waals surface area (Å²) < 4.78 is 5.67. The standard InChI is InChI=1S/C22H26N2O4/c1-16-8-9-21(20(14-16)24(26)27)28-17(2)22(25)23-12-10-19(11-13-23)15-18-6-4-3-5-7-18/h3-9,14,17,19H,10-13,15H2,1-2H3/t17-/m0/s1. The van der Waals surface area contributed by atoms with Crippen molar-refractivity contribution in [2.75, 3.05) is 13.1 Å². The van der Waals surface area contributed by atoms with Gasteiger partial charge in [-0.2, -0.15) is 0 Å². The topological polar surface area (TPSA) is 72.7 Å². The van der Waals surface area contributed by atoms with Gasteiger partial charge in [0.05, 0.1) is 4.92 Å². The summed E-state index contributed by atoms with van der Waals surface area (Å²) in [7, 11) is 0. The van der Waals surface area contributed by atoms with Gasteiger partial charge in [0, 0.05) is 19.2 Å². The Morgan fingerprint density at radius 2 is 1.89 bits per heavy atom. The predicted octanol–water partition coefficient (Wildman–Crippen LogP) is 4.15.